The Labute approximate surface area is 138 Å². The smallest absolute Gasteiger partial charge is 0.265 e. The van der Waals surface area contributed by atoms with Crippen LogP contribution in [-0.4, -0.2) is 12.0 Å². The van der Waals surface area contributed by atoms with Gasteiger partial charge in [0.25, 0.3) is 5.91 Å². The predicted molar refractivity (Wildman–Crippen MR) is 95.2 cm³/mol. The number of carbonyl (C=O) groups is 1. The van der Waals surface area contributed by atoms with E-state index < -0.39 is 6.10 Å². The number of anilines is 1. The molecule has 0 fully saturated rings. The first kappa shape index (κ1) is 17.1. The normalized spacial score (nSPS) is 12.1. The zero-order valence-corrected chi connectivity index (χ0v) is 14.5. The molecule has 0 aliphatic rings. The second-order valence-corrected chi connectivity index (χ2v) is 6.29. The van der Waals surface area contributed by atoms with Crippen LogP contribution in [0.25, 0.3) is 0 Å². The Kier molecular flexibility index (Phi) is 5.43. The topological polar surface area (TPSA) is 38.3 Å². The summed E-state index contributed by atoms with van der Waals surface area (Å²) in [6.07, 6.45) is -0.554. The molecule has 2 rings (SSSR count). The van der Waals surface area contributed by atoms with Gasteiger partial charge in [-0.2, -0.15) is 0 Å². The number of benzene rings is 2. The van der Waals surface area contributed by atoms with E-state index in [-0.39, 0.29) is 5.91 Å². The van der Waals surface area contributed by atoms with E-state index in [1.807, 2.05) is 56.3 Å². The van der Waals surface area contributed by atoms with E-state index in [9.17, 15) is 4.79 Å². The van der Waals surface area contributed by atoms with Crippen molar-refractivity contribution in [2.75, 3.05) is 5.32 Å². The largest absolute Gasteiger partial charge is 0.481 e. The van der Waals surface area contributed by atoms with Crippen LogP contribution in [0.1, 0.15) is 43.4 Å². The minimum atomic E-state index is -0.554. The third-order valence-corrected chi connectivity index (χ3v) is 3.85. The average Bonchev–Trinajstić information content (AvgIpc) is 2.50. The highest BCUT2D eigenvalue weighted by atomic mass is 16.5. The Balaban J connectivity index is 1.99. The number of hydrogen-bond donors (Lipinski definition) is 1. The highest BCUT2D eigenvalue weighted by Crippen LogP contribution is 2.21. The van der Waals surface area contributed by atoms with Gasteiger partial charge in [0.15, 0.2) is 6.10 Å². The van der Waals surface area contributed by atoms with Gasteiger partial charge in [0.1, 0.15) is 5.75 Å². The van der Waals surface area contributed by atoms with Crippen LogP contribution in [0.5, 0.6) is 5.75 Å². The molecule has 2 aromatic carbocycles. The molecule has 2 aromatic rings. The minimum absolute atomic E-state index is 0.151. The molecule has 0 saturated heterocycles. The molecule has 0 unspecified atom stereocenters. The first-order valence-corrected chi connectivity index (χ1v) is 8.01. The predicted octanol–water partition coefficient (Wildman–Crippen LogP) is 4.83. The lowest BCUT2D eigenvalue weighted by atomic mass is 10.0. The van der Waals surface area contributed by atoms with E-state index in [0.29, 0.717) is 5.92 Å². The van der Waals surface area contributed by atoms with E-state index in [1.165, 1.54) is 11.1 Å². The van der Waals surface area contributed by atoms with Crippen molar-refractivity contribution in [3.8, 4) is 5.75 Å². The number of ether oxygens (including phenoxy) is 1. The monoisotopic (exact) mass is 311 g/mol. The zero-order chi connectivity index (χ0) is 17.0. The standard InChI is InChI=1S/C20H25NO2/c1-13(2)17-7-9-18(10-8-17)21-20(22)16(5)23-19-11-6-14(3)12-15(19)4/h6-13,16H,1-5H3,(H,21,22)/t16-/m1/s1. The first-order chi connectivity index (χ1) is 10.9. The van der Waals surface area contributed by atoms with Crippen LogP contribution in [-0.2, 0) is 4.79 Å². The number of carbonyl (C=O) groups excluding carboxylic acids is 1. The number of nitrogens with one attached hydrogen (secondary N) is 1. The Morgan fingerprint density at radius 3 is 2.22 bits per heavy atom. The van der Waals surface area contributed by atoms with Crippen molar-refractivity contribution in [3.63, 3.8) is 0 Å². The lowest BCUT2D eigenvalue weighted by Gasteiger charge is -2.17. The van der Waals surface area contributed by atoms with Crippen LogP contribution in [0.4, 0.5) is 5.69 Å². The highest BCUT2D eigenvalue weighted by Gasteiger charge is 2.16. The summed E-state index contributed by atoms with van der Waals surface area (Å²) < 4.78 is 5.78. The van der Waals surface area contributed by atoms with E-state index in [2.05, 4.69) is 19.2 Å². The van der Waals surface area contributed by atoms with Gasteiger partial charge in [-0.15, -0.1) is 0 Å². The Morgan fingerprint density at radius 2 is 1.65 bits per heavy atom. The van der Waals surface area contributed by atoms with Gasteiger partial charge in [0.05, 0.1) is 0 Å². The Hall–Kier alpha value is -2.29. The molecular weight excluding hydrogens is 286 g/mol. The van der Waals surface area contributed by atoms with Gasteiger partial charge in [0, 0.05) is 5.69 Å². The lowest BCUT2D eigenvalue weighted by Crippen LogP contribution is -2.30. The summed E-state index contributed by atoms with van der Waals surface area (Å²) in [5.74, 6) is 1.07. The van der Waals surface area contributed by atoms with Crippen LogP contribution < -0.4 is 10.1 Å². The van der Waals surface area contributed by atoms with Crippen LogP contribution in [0.15, 0.2) is 42.5 Å². The van der Waals surface area contributed by atoms with Gasteiger partial charge in [-0.05, 0) is 56.0 Å². The third kappa shape index (κ3) is 4.59. The molecule has 3 heteroatoms. The maximum Gasteiger partial charge on any atom is 0.265 e. The number of hydrogen-bond acceptors (Lipinski definition) is 2. The van der Waals surface area contributed by atoms with Crippen molar-refractivity contribution in [2.45, 2.75) is 46.6 Å². The number of rotatable bonds is 5. The zero-order valence-electron chi connectivity index (χ0n) is 14.5. The molecule has 0 heterocycles. The number of amides is 1. The van der Waals surface area contributed by atoms with Crippen LogP contribution in [0.2, 0.25) is 0 Å². The first-order valence-electron chi connectivity index (χ1n) is 8.01. The molecule has 0 radical (unpaired) electrons. The summed E-state index contributed by atoms with van der Waals surface area (Å²) in [5.41, 5.74) is 4.25. The SMILES string of the molecule is Cc1ccc(O[C@H](C)C(=O)Nc2ccc(C(C)C)cc2)c(C)c1. The maximum absolute atomic E-state index is 12.3. The molecule has 1 atom stereocenters. The van der Waals surface area contributed by atoms with E-state index in [4.69, 9.17) is 4.74 Å². The van der Waals surface area contributed by atoms with Crippen molar-refractivity contribution in [3.05, 3.63) is 59.2 Å². The molecule has 3 nitrogen and oxygen atoms in total. The Morgan fingerprint density at radius 1 is 1.00 bits per heavy atom. The van der Waals surface area contributed by atoms with Crippen molar-refractivity contribution in [1.29, 1.82) is 0 Å². The van der Waals surface area contributed by atoms with Crippen molar-refractivity contribution in [1.82, 2.24) is 0 Å². The van der Waals surface area contributed by atoms with E-state index in [0.717, 1.165) is 17.0 Å². The lowest BCUT2D eigenvalue weighted by molar-refractivity contribution is -0.122. The maximum atomic E-state index is 12.3. The van der Waals surface area contributed by atoms with Crippen LogP contribution >= 0.6 is 0 Å². The number of aryl methyl sites for hydroxylation is 2. The summed E-state index contributed by atoms with van der Waals surface area (Å²) in [6, 6.07) is 13.9. The van der Waals surface area contributed by atoms with Gasteiger partial charge in [-0.3, -0.25) is 4.79 Å². The summed E-state index contributed by atoms with van der Waals surface area (Å²) in [7, 11) is 0. The third-order valence-electron chi connectivity index (χ3n) is 3.85. The highest BCUT2D eigenvalue weighted by molar-refractivity contribution is 5.94. The van der Waals surface area contributed by atoms with Gasteiger partial charge in [0.2, 0.25) is 0 Å². The molecule has 0 bridgehead atoms. The fourth-order valence-electron chi connectivity index (χ4n) is 2.37. The van der Waals surface area contributed by atoms with Gasteiger partial charge in [-0.25, -0.2) is 0 Å². The summed E-state index contributed by atoms with van der Waals surface area (Å²) in [6.45, 7) is 10.1. The second kappa shape index (κ2) is 7.32. The molecule has 0 saturated carbocycles. The van der Waals surface area contributed by atoms with Crippen molar-refractivity contribution >= 4 is 11.6 Å². The molecule has 23 heavy (non-hydrogen) atoms. The summed E-state index contributed by atoms with van der Waals surface area (Å²) in [4.78, 5) is 12.3. The van der Waals surface area contributed by atoms with Gasteiger partial charge >= 0.3 is 0 Å². The Bertz CT molecular complexity index is 675. The fraction of sp³-hybridized carbons (Fsp3) is 0.350. The van der Waals surface area contributed by atoms with E-state index >= 15 is 0 Å². The fourth-order valence-corrected chi connectivity index (χ4v) is 2.37. The second-order valence-electron chi connectivity index (χ2n) is 6.29. The van der Waals surface area contributed by atoms with Gasteiger partial charge < -0.3 is 10.1 Å². The molecular formula is C20H25NO2. The van der Waals surface area contributed by atoms with Crippen molar-refractivity contribution in [2.24, 2.45) is 0 Å². The molecule has 1 N–H and O–H groups in total. The van der Waals surface area contributed by atoms with Crippen molar-refractivity contribution < 1.29 is 9.53 Å². The van der Waals surface area contributed by atoms with E-state index in [1.54, 1.807) is 6.92 Å². The average molecular weight is 311 g/mol. The molecule has 0 aromatic heterocycles. The molecule has 0 aliphatic heterocycles. The quantitative estimate of drug-likeness (QED) is 0.858. The molecule has 1 amide bonds. The van der Waals surface area contributed by atoms with Crippen LogP contribution in [0.3, 0.4) is 0 Å². The summed E-state index contributed by atoms with van der Waals surface area (Å²) >= 11 is 0. The minimum Gasteiger partial charge on any atom is -0.481 e. The molecule has 122 valence electrons. The van der Waals surface area contributed by atoms with Gasteiger partial charge in [-0.1, -0.05) is 43.7 Å². The molecule has 0 spiro atoms. The molecule has 0 aliphatic carbocycles. The van der Waals surface area contributed by atoms with Crippen LogP contribution in [0, 0.1) is 13.8 Å². The summed E-state index contributed by atoms with van der Waals surface area (Å²) in [5, 5.41) is 2.89.